The van der Waals surface area contributed by atoms with E-state index in [0.29, 0.717) is 0 Å². The third-order valence-electron chi connectivity index (χ3n) is 0.597. The monoisotopic (exact) mass is 151 g/mol. The van der Waals surface area contributed by atoms with Gasteiger partial charge in [0.2, 0.25) is 9.03 Å². The van der Waals surface area contributed by atoms with Gasteiger partial charge in [-0.15, -0.1) is 0 Å². The van der Waals surface area contributed by atoms with Gasteiger partial charge in [-0.1, -0.05) is 0 Å². The molecule has 54 valence electrons. The molecule has 0 saturated heterocycles. The highest BCUT2D eigenvalue weighted by Crippen LogP contribution is 2.11. The minimum Gasteiger partial charge on any atom is -0.418 e. The Morgan fingerprint density at radius 2 is 2.33 bits per heavy atom. The fourth-order valence-electron chi connectivity index (χ4n) is 0.176. The van der Waals surface area contributed by atoms with Crippen LogP contribution in [0.5, 0.6) is 0 Å². The topological polar surface area (TPSA) is 61.5 Å². The Kier molecular flexibility index (Phi) is 4.58. The van der Waals surface area contributed by atoms with Crippen molar-refractivity contribution in [3.05, 3.63) is 0 Å². The molecule has 0 spiro atoms. The summed E-state index contributed by atoms with van der Waals surface area (Å²) in [5.74, 6) is -0.435. The summed E-state index contributed by atoms with van der Waals surface area (Å²) in [4.78, 5) is 10.5. The molecule has 4 nitrogen and oxygen atoms in total. The van der Waals surface area contributed by atoms with Crippen molar-refractivity contribution in [2.45, 2.75) is 13.0 Å². The zero-order valence-corrected chi connectivity index (χ0v) is 6.38. The van der Waals surface area contributed by atoms with E-state index in [9.17, 15) is 4.79 Å². The van der Waals surface area contributed by atoms with Crippen LogP contribution in [0, 0.1) is 0 Å². The predicted octanol–water partition coefficient (Wildman–Crippen LogP) is 0.0317. The second-order valence-corrected chi connectivity index (χ2v) is 2.28. The van der Waals surface area contributed by atoms with Crippen LogP contribution in [0.1, 0.15) is 6.92 Å². The van der Waals surface area contributed by atoms with E-state index in [1.807, 2.05) is 0 Å². The molecule has 2 N–H and O–H groups in total. The van der Waals surface area contributed by atoms with Crippen molar-refractivity contribution in [3.63, 3.8) is 0 Å². The highest BCUT2D eigenvalue weighted by Gasteiger charge is 2.07. The Balaban J connectivity index is 3.28. The Morgan fingerprint density at radius 1 is 1.78 bits per heavy atom. The van der Waals surface area contributed by atoms with E-state index < -0.39 is 12.0 Å². The standard InChI is InChI=1S/C4H10NO3P/c1-3(5)4(6)8-9-7-2/h3,9H,5H2,1-2H3/t3-/m1/s1. The van der Waals surface area contributed by atoms with Gasteiger partial charge in [0.1, 0.15) is 6.04 Å². The van der Waals surface area contributed by atoms with Gasteiger partial charge in [0.15, 0.2) is 0 Å². The van der Waals surface area contributed by atoms with Crippen molar-refractivity contribution in [1.29, 1.82) is 0 Å². The maximum atomic E-state index is 10.5. The minimum absolute atomic E-state index is 0.242. The molecule has 0 aliphatic rings. The van der Waals surface area contributed by atoms with Crippen molar-refractivity contribution in [2.75, 3.05) is 7.11 Å². The number of hydrogen-bond acceptors (Lipinski definition) is 4. The molecule has 0 saturated carbocycles. The molecule has 0 aromatic heterocycles. The van der Waals surface area contributed by atoms with Crippen LogP contribution >= 0.6 is 9.03 Å². The van der Waals surface area contributed by atoms with Gasteiger partial charge in [0.25, 0.3) is 0 Å². The zero-order chi connectivity index (χ0) is 7.28. The van der Waals surface area contributed by atoms with Gasteiger partial charge in [0.05, 0.1) is 0 Å². The van der Waals surface area contributed by atoms with Crippen LogP contribution in [0.25, 0.3) is 0 Å². The first kappa shape index (κ1) is 8.82. The summed E-state index contributed by atoms with van der Waals surface area (Å²) in [5.41, 5.74) is 5.15. The van der Waals surface area contributed by atoms with Crippen LogP contribution in [0.15, 0.2) is 0 Å². The molecule has 0 aliphatic heterocycles. The number of carbonyl (C=O) groups excluding carboxylic acids is 1. The lowest BCUT2D eigenvalue weighted by Gasteiger charge is -2.02. The fraction of sp³-hybridized carbons (Fsp3) is 0.750. The molecule has 0 aliphatic carbocycles. The molecule has 0 amide bonds. The van der Waals surface area contributed by atoms with Crippen molar-refractivity contribution in [1.82, 2.24) is 0 Å². The maximum Gasteiger partial charge on any atom is 0.327 e. The Labute approximate surface area is 55.7 Å². The first-order valence-electron chi connectivity index (χ1n) is 2.42. The van der Waals surface area contributed by atoms with E-state index >= 15 is 0 Å². The van der Waals surface area contributed by atoms with Gasteiger partial charge in [-0.3, -0.25) is 4.79 Å². The lowest BCUT2D eigenvalue weighted by molar-refractivity contribution is -0.134. The molecule has 0 aromatic carbocycles. The molecule has 0 fully saturated rings. The van der Waals surface area contributed by atoms with E-state index in [1.165, 1.54) is 7.11 Å². The van der Waals surface area contributed by atoms with Gasteiger partial charge < -0.3 is 14.8 Å². The van der Waals surface area contributed by atoms with Crippen LogP contribution in [0.2, 0.25) is 0 Å². The zero-order valence-electron chi connectivity index (χ0n) is 5.38. The predicted molar refractivity (Wildman–Crippen MR) is 35.1 cm³/mol. The largest absolute Gasteiger partial charge is 0.418 e. The molecule has 1 unspecified atom stereocenters. The summed E-state index contributed by atoms with van der Waals surface area (Å²) in [5, 5.41) is 0. The van der Waals surface area contributed by atoms with Crippen LogP contribution in [-0.2, 0) is 13.8 Å². The number of rotatable bonds is 3. The maximum absolute atomic E-state index is 10.5. The van der Waals surface area contributed by atoms with Gasteiger partial charge in [0, 0.05) is 7.11 Å². The van der Waals surface area contributed by atoms with Gasteiger partial charge >= 0.3 is 5.97 Å². The van der Waals surface area contributed by atoms with E-state index in [4.69, 9.17) is 5.73 Å². The van der Waals surface area contributed by atoms with E-state index in [2.05, 4.69) is 9.05 Å². The Hall–Kier alpha value is -0.180. The SMILES string of the molecule is COPOC(=O)[C@@H](C)N. The minimum atomic E-state index is -0.562. The first-order valence-corrected chi connectivity index (χ1v) is 3.24. The molecular formula is C4H10NO3P. The Bertz CT molecular complexity index is 95.8. The van der Waals surface area contributed by atoms with Gasteiger partial charge in [-0.05, 0) is 6.92 Å². The summed E-state index contributed by atoms with van der Waals surface area (Å²) in [7, 11) is 1.21. The van der Waals surface area contributed by atoms with Crippen molar-refractivity contribution in [2.24, 2.45) is 5.73 Å². The summed E-state index contributed by atoms with van der Waals surface area (Å²) < 4.78 is 8.99. The molecule has 0 bridgehead atoms. The second-order valence-electron chi connectivity index (χ2n) is 1.50. The lowest BCUT2D eigenvalue weighted by atomic mass is 10.4. The van der Waals surface area contributed by atoms with Crippen LogP contribution in [-0.4, -0.2) is 19.1 Å². The van der Waals surface area contributed by atoms with Crippen molar-refractivity contribution >= 4 is 15.0 Å². The summed E-state index contributed by atoms with van der Waals surface area (Å²) in [6, 6.07) is -0.562. The fourth-order valence-corrected chi connectivity index (χ4v) is 0.527. The molecule has 9 heavy (non-hydrogen) atoms. The molecule has 0 rings (SSSR count). The third kappa shape index (κ3) is 4.33. The molecule has 2 atom stereocenters. The summed E-state index contributed by atoms with van der Waals surface area (Å²) in [6.07, 6.45) is 0. The van der Waals surface area contributed by atoms with E-state index in [1.54, 1.807) is 6.92 Å². The van der Waals surface area contributed by atoms with Gasteiger partial charge in [-0.25, -0.2) is 0 Å². The van der Waals surface area contributed by atoms with Crippen LogP contribution < -0.4 is 5.73 Å². The molecular weight excluding hydrogens is 141 g/mol. The third-order valence-corrected chi connectivity index (χ3v) is 1.05. The summed E-state index contributed by atoms with van der Waals surface area (Å²) >= 11 is 0. The quantitative estimate of drug-likeness (QED) is 0.578. The number of carbonyl (C=O) groups is 1. The second kappa shape index (κ2) is 4.68. The van der Waals surface area contributed by atoms with Crippen molar-refractivity contribution < 1.29 is 13.8 Å². The average molecular weight is 151 g/mol. The summed E-state index contributed by atoms with van der Waals surface area (Å²) in [6.45, 7) is 1.56. The molecule has 0 aromatic rings. The smallest absolute Gasteiger partial charge is 0.327 e. The van der Waals surface area contributed by atoms with Crippen LogP contribution in [0.3, 0.4) is 0 Å². The number of nitrogens with two attached hydrogens (primary N) is 1. The highest BCUT2D eigenvalue weighted by molar-refractivity contribution is 7.26. The molecule has 0 heterocycles. The Morgan fingerprint density at radius 3 is 2.67 bits per heavy atom. The van der Waals surface area contributed by atoms with E-state index in [0.717, 1.165) is 0 Å². The molecule has 0 radical (unpaired) electrons. The van der Waals surface area contributed by atoms with E-state index in [-0.39, 0.29) is 9.03 Å². The highest BCUT2D eigenvalue weighted by atomic mass is 31.1. The lowest BCUT2D eigenvalue weighted by Crippen LogP contribution is -2.26. The van der Waals surface area contributed by atoms with Gasteiger partial charge in [-0.2, -0.15) is 0 Å². The molecule has 5 heteroatoms. The first-order chi connectivity index (χ1) is 4.18. The van der Waals surface area contributed by atoms with Crippen molar-refractivity contribution in [3.8, 4) is 0 Å². The average Bonchev–Trinajstić information content (AvgIpc) is 1.82. The van der Waals surface area contributed by atoms with Crippen LogP contribution in [0.4, 0.5) is 0 Å². The normalized spacial score (nSPS) is 14.1. The number of hydrogen-bond donors (Lipinski definition) is 1.